The number of hydrogen-bond acceptors (Lipinski definition) is 5. The number of ether oxygens (including phenoxy) is 1. The molecular formula is C21H18Cl3N3O3S. The second-order valence-electron chi connectivity index (χ2n) is 6.57. The average molecular weight is 499 g/mol. The molecule has 31 heavy (non-hydrogen) atoms. The lowest BCUT2D eigenvalue weighted by Crippen LogP contribution is -2.43. The maximum Gasteiger partial charge on any atom is 0.329 e. The number of halogens is 3. The minimum atomic E-state index is -0.913. The first-order valence-corrected chi connectivity index (χ1v) is 10.8. The van der Waals surface area contributed by atoms with Gasteiger partial charge in [-0.1, -0.05) is 46.9 Å². The molecule has 0 saturated heterocycles. The van der Waals surface area contributed by atoms with Gasteiger partial charge in [0.2, 0.25) is 0 Å². The van der Waals surface area contributed by atoms with Crippen molar-refractivity contribution in [3.63, 3.8) is 0 Å². The number of thiol groups is 1. The van der Waals surface area contributed by atoms with E-state index in [9.17, 15) is 9.59 Å². The van der Waals surface area contributed by atoms with E-state index in [4.69, 9.17) is 39.5 Å². The highest BCUT2D eigenvalue weighted by atomic mass is 35.5. The minimum absolute atomic E-state index is 0.0746. The lowest BCUT2D eigenvalue weighted by molar-refractivity contribution is -0.142. The Morgan fingerprint density at radius 2 is 1.77 bits per heavy atom. The molecule has 0 aliphatic heterocycles. The first kappa shape index (κ1) is 23.5. The molecule has 3 aromatic rings. The maximum absolute atomic E-state index is 13.0. The van der Waals surface area contributed by atoms with Crippen molar-refractivity contribution in [2.24, 2.45) is 0 Å². The van der Waals surface area contributed by atoms with Gasteiger partial charge in [0.05, 0.1) is 23.5 Å². The zero-order valence-electron chi connectivity index (χ0n) is 16.5. The molecule has 0 aliphatic carbocycles. The van der Waals surface area contributed by atoms with E-state index < -0.39 is 17.9 Å². The van der Waals surface area contributed by atoms with E-state index in [2.05, 4.69) is 23.0 Å². The zero-order chi connectivity index (χ0) is 22.7. The van der Waals surface area contributed by atoms with Crippen LogP contribution in [0.25, 0.3) is 16.9 Å². The lowest BCUT2D eigenvalue weighted by atomic mass is 10.1. The quantitative estimate of drug-likeness (QED) is 0.370. The van der Waals surface area contributed by atoms with Crippen LogP contribution in [0.5, 0.6) is 0 Å². The van der Waals surface area contributed by atoms with E-state index in [1.54, 1.807) is 41.9 Å². The number of rotatable bonds is 6. The molecule has 0 saturated carbocycles. The summed E-state index contributed by atoms with van der Waals surface area (Å²) in [6.07, 6.45) is 0. The van der Waals surface area contributed by atoms with E-state index in [0.29, 0.717) is 32.0 Å². The van der Waals surface area contributed by atoms with Gasteiger partial charge in [0.25, 0.3) is 5.91 Å². The number of carbonyl (C=O) groups excluding carboxylic acids is 2. The maximum atomic E-state index is 13.0. The van der Waals surface area contributed by atoms with Crippen molar-refractivity contribution in [3.8, 4) is 16.9 Å². The van der Waals surface area contributed by atoms with E-state index in [-0.39, 0.29) is 11.4 Å². The molecule has 0 radical (unpaired) electrons. The second kappa shape index (κ2) is 9.96. The van der Waals surface area contributed by atoms with Crippen LogP contribution in [0.4, 0.5) is 0 Å². The highest BCUT2D eigenvalue weighted by Crippen LogP contribution is 2.33. The molecule has 0 spiro atoms. The summed E-state index contributed by atoms with van der Waals surface area (Å²) in [5.41, 5.74) is 2.68. The third kappa shape index (κ3) is 5.01. The van der Waals surface area contributed by atoms with Crippen LogP contribution in [0.3, 0.4) is 0 Å². The van der Waals surface area contributed by atoms with Gasteiger partial charge in [-0.2, -0.15) is 17.7 Å². The molecule has 0 unspecified atom stereocenters. The van der Waals surface area contributed by atoms with Gasteiger partial charge in [0.1, 0.15) is 6.04 Å². The van der Waals surface area contributed by atoms with Crippen molar-refractivity contribution in [2.45, 2.75) is 13.0 Å². The van der Waals surface area contributed by atoms with Crippen molar-refractivity contribution in [1.29, 1.82) is 0 Å². The molecule has 6 nitrogen and oxygen atoms in total. The van der Waals surface area contributed by atoms with Crippen LogP contribution in [-0.2, 0) is 9.53 Å². The molecule has 1 atom stereocenters. The summed E-state index contributed by atoms with van der Waals surface area (Å²) in [4.78, 5) is 24.8. The van der Waals surface area contributed by atoms with Crippen LogP contribution in [0, 0.1) is 6.92 Å². The Bertz CT molecular complexity index is 1130. The predicted molar refractivity (Wildman–Crippen MR) is 126 cm³/mol. The van der Waals surface area contributed by atoms with Gasteiger partial charge >= 0.3 is 5.97 Å². The Morgan fingerprint density at radius 3 is 2.35 bits per heavy atom. The number of nitrogens with one attached hydrogen (secondary N) is 1. The average Bonchev–Trinajstić information content (AvgIpc) is 3.08. The summed E-state index contributed by atoms with van der Waals surface area (Å²) < 4.78 is 6.27. The van der Waals surface area contributed by atoms with E-state index in [0.717, 1.165) is 5.56 Å². The summed E-state index contributed by atoms with van der Waals surface area (Å²) in [6, 6.07) is 11.2. The van der Waals surface area contributed by atoms with Crippen molar-refractivity contribution < 1.29 is 14.3 Å². The Kier molecular flexibility index (Phi) is 7.54. The van der Waals surface area contributed by atoms with Crippen LogP contribution >= 0.6 is 47.4 Å². The highest BCUT2D eigenvalue weighted by molar-refractivity contribution is 7.80. The molecule has 1 N–H and O–H groups in total. The standard InChI is InChI=1S/C21H18Cl3N3O3S/c1-11-18(20(28)25-16(10-31)21(29)30-2)26-27(17-8-7-14(23)9-15(17)24)19(11)12-3-5-13(22)6-4-12/h3-9,16,31H,10H2,1-2H3,(H,25,28)/t16-/m1/s1. The number of carbonyl (C=O) groups is 2. The number of aromatic nitrogens is 2. The Labute approximate surface area is 199 Å². The first-order chi connectivity index (χ1) is 14.8. The molecule has 1 aromatic heterocycles. The summed E-state index contributed by atoms with van der Waals surface area (Å²) in [5.74, 6) is -1.06. The van der Waals surface area contributed by atoms with Gasteiger partial charge in [0, 0.05) is 26.9 Å². The van der Waals surface area contributed by atoms with Crippen molar-refractivity contribution in [2.75, 3.05) is 12.9 Å². The SMILES string of the molecule is COC(=O)[C@@H](CS)NC(=O)c1nn(-c2ccc(Cl)cc2Cl)c(-c2ccc(Cl)cc2)c1C. The fourth-order valence-electron chi connectivity index (χ4n) is 3.03. The van der Waals surface area contributed by atoms with Crippen LogP contribution < -0.4 is 5.32 Å². The topological polar surface area (TPSA) is 73.2 Å². The molecular weight excluding hydrogens is 481 g/mol. The van der Waals surface area contributed by atoms with Crippen LogP contribution in [0.2, 0.25) is 15.1 Å². The Balaban J connectivity index is 2.15. The summed E-state index contributed by atoms with van der Waals surface area (Å²) in [7, 11) is 1.24. The fraction of sp³-hybridized carbons (Fsp3) is 0.190. The third-order valence-corrected chi connectivity index (χ3v) is 5.72. The van der Waals surface area contributed by atoms with E-state index in [1.165, 1.54) is 7.11 Å². The largest absolute Gasteiger partial charge is 0.467 e. The monoisotopic (exact) mass is 497 g/mol. The van der Waals surface area contributed by atoms with Gasteiger partial charge in [-0.3, -0.25) is 4.79 Å². The van der Waals surface area contributed by atoms with Crippen molar-refractivity contribution in [3.05, 3.63) is 68.8 Å². The van der Waals surface area contributed by atoms with Crippen LogP contribution in [0.1, 0.15) is 16.1 Å². The first-order valence-electron chi connectivity index (χ1n) is 9.07. The minimum Gasteiger partial charge on any atom is -0.467 e. The number of methoxy groups -OCH3 is 1. The smallest absolute Gasteiger partial charge is 0.329 e. The zero-order valence-corrected chi connectivity index (χ0v) is 19.7. The molecule has 1 amide bonds. The summed E-state index contributed by atoms with van der Waals surface area (Å²) >= 11 is 22.6. The highest BCUT2D eigenvalue weighted by Gasteiger charge is 2.27. The van der Waals surface area contributed by atoms with Crippen LogP contribution in [0.15, 0.2) is 42.5 Å². The van der Waals surface area contributed by atoms with Crippen LogP contribution in [-0.4, -0.2) is 40.6 Å². The lowest BCUT2D eigenvalue weighted by Gasteiger charge is -2.13. The number of benzene rings is 2. The Hall–Kier alpha value is -2.19. The number of hydrogen-bond donors (Lipinski definition) is 2. The van der Waals surface area contributed by atoms with E-state index >= 15 is 0 Å². The predicted octanol–water partition coefficient (Wildman–Crippen LogP) is 5.01. The molecule has 0 fully saturated rings. The summed E-state index contributed by atoms with van der Waals surface area (Å²) in [6.45, 7) is 1.76. The second-order valence-corrected chi connectivity index (χ2v) is 8.21. The third-order valence-electron chi connectivity index (χ3n) is 4.57. The normalized spacial score (nSPS) is 11.8. The molecule has 0 bridgehead atoms. The molecule has 2 aromatic carbocycles. The van der Waals surface area contributed by atoms with Crippen molar-refractivity contribution in [1.82, 2.24) is 15.1 Å². The number of nitrogens with zero attached hydrogens (tertiary/aromatic N) is 2. The number of amides is 1. The molecule has 10 heteroatoms. The molecule has 1 heterocycles. The van der Waals surface area contributed by atoms with Gasteiger partial charge in [-0.25, -0.2) is 9.48 Å². The molecule has 162 valence electrons. The molecule has 3 rings (SSSR count). The number of esters is 1. The Morgan fingerprint density at radius 1 is 1.13 bits per heavy atom. The summed E-state index contributed by atoms with van der Waals surface area (Å²) in [5, 5.41) is 8.52. The van der Waals surface area contributed by atoms with Crippen molar-refractivity contribution >= 4 is 59.3 Å². The van der Waals surface area contributed by atoms with E-state index in [1.807, 2.05) is 12.1 Å². The van der Waals surface area contributed by atoms with Gasteiger partial charge < -0.3 is 10.1 Å². The van der Waals surface area contributed by atoms with Gasteiger partial charge in [0.15, 0.2) is 5.69 Å². The van der Waals surface area contributed by atoms with Gasteiger partial charge in [-0.15, -0.1) is 0 Å². The fourth-order valence-corrected chi connectivity index (χ4v) is 3.89. The van der Waals surface area contributed by atoms with Gasteiger partial charge in [-0.05, 0) is 37.3 Å². The molecule has 0 aliphatic rings.